The van der Waals surface area contributed by atoms with Crippen molar-refractivity contribution < 1.29 is 22.3 Å². The van der Waals surface area contributed by atoms with Crippen LogP contribution < -0.4 is 0 Å². The van der Waals surface area contributed by atoms with Crippen LogP contribution in [0.3, 0.4) is 0 Å². The molecule has 0 spiro atoms. The van der Waals surface area contributed by atoms with Crippen molar-refractivity contribution in [3.8, 4) is 11.1 Å². The number of hydrogen-bond acceptors (Lipinski definition) is 1. The molecular formula is C26H26F4O. The Bertz CT molecular complexity index is 1050. The summed E-state index contributed by atoms with van der Waals surface area (Å²) in [6.07, 6.45) is 7.06. The number of benzene rings is 2. The van der Waals surface area contributed by atoms with Gasteiger partial charge in [0, 0.05) is 17.5 Å². The van der Waals surface area contributed by atoms with Gasteiger partial charge in [0.05, 0.1) is 12.4 Å². The van der Waals surface area contributed by atoms with Crippen molar-refractivity contribution in [2.45, 2.75) is 51.9 Å². The van der Waals surface area contributed by atoms with Crippen LogP contribution in [0.15, 0.2) is 36.6 Å². The lowest BCUT2D eigenvalue weighted by Crippen LogP contribution is -2.14. The zero-order valence-corrected chi connectivity index (χ0v) is 17.7. The Kier molecular flexibility index (Phi) is 6.22. The van der Waals surface area contributed by atoms with Gasteiger partial charge < -0.3 is 4.74 Å². The van der Waals surface area contributed by atoms with E-state index in [1.54, 1.807) is 18.2 Å². The first-order chi connectivity index (χ1) is 14.9. The molecule has 0 N–H and O–H groups in total. The first-order valence-electron chi connectivity index (χ1n) is 10.8. The normalized spacial score (nSPS) is 17.5. The van der Waals surface area contributed by atoms with Gasteiger partial charge in [-0.05, 0) is 72.8 Å². The summed E-state index contributed by atoms with van der Waals surface area (Å²) in [5.74, 6) is -2.94. The largest absolute Gasteiger partial charge is 0.498 e. The molecule has 0 saturated carbocycles. The first kappa shape index (κ1) is 21.7. The number of fused-ring (bicyclic) bond motifs is 3. The third-order valence-electron chi connectivity index (χ3n) is 6.20. The van der Waals surface area contributed by atoms with Crippen LogP contribution in [0.5, 0.6) is 0 Å². The summed E-state index contributed by atoms with van der Waals surface area (Å²) in [7, 11) is 0. The maximum atomic E-state index is 15.1. The molecule has 0 aromatic heterocycles. The summed E-state index contributed by atoms with van der Waals surface area (Å²) in [5, 5.41) is 0. The molecule has 0 fully saturated rings. The van der Waals surface area contributed by atoms with Gasteiger partial charge in [-0.2, -0.15) is 0 Å². The quantitative estimate of drug-likeness (QED) is 0.354. The lowest BCUT2D eigenvalue weighted by molar-refractivity contribution is 0.146. The van der Waals surface area contributed by atoms with E-state index in [1.807, 2.05) is 6.08 Å². The van der Waals surface area contributed by atoms with Gasteiger partial charge >= 0.3 is 0 Å². The van der Waals surface area contributed by atoms with E-state index in [1.165, 1.54) is 0 Å². The summed E-state index contributed by atoms with van der Waals surface area (Å²) in [6, 6.07) is 3.19. The Morgan fingerprint density at radius 2 is 1.48 bits per heavy atom. The van der Waals surface area contributed by atoms with Crippen molar-refractivity contribution in [2.75, 3.05) is 6.61 Å². The van der Waals surface area contributed by atoms with E-state index in [2.05, 4.69) is 13.5 Å². The fourth-order valence-electron chi connectivity index (χ4n) is 4.44. The highest BCUT2D eigenvalue weighted by Gasteiger charge is 2.30. The highest BCUT2D eigenvalue weighted by atomic mass is 19.2. The minimum absolute atomic E-state index is 0.142. The number of halogens is 4. The third kappa shape index (κ3) is 4.15. The summed E-state index contributed by atoms with van der Waals surface area (Å²) < 4.78 is 65.3. The Morgan fingerprint density at radius 3 is 2.00 bits per heavy atom. The number of hydrogen-bond donors (Lipinski definition) is 0. The van der Waals surface area contributed by atoms with Crippen LogP contribution in [-0.4, -0.2) is 6.61 Å². The zero-order chi connectivity index (χ0) is 22.1. The molecule has 5 heteroatoms. The first-order valence-corrected chi connectivity index (χ1v) is 10.8. The topological polar surface area (TPSA) is 9.23 Å². The average molecular weight is 430 g/mol. The van der Waals surface area contributed by atoms with Gasteiger partial charge in [0.2, 0.25) is 0 Å². The van der Waals surface area contributed by atoms with Crippen molar-refractivity contribution in [3.05, 3.63) is 82.1 Å². The summed E-state index contributed by atoms with van der Waals surface area (Å²) in [6.45, 7) is 6.32. The Hall–Kier alpha value is -2.56. The molecule has 1 atom stereocenters. The molecule has 4 rings (SSSR count). The zero-order valence-electron chi connectivity index (χ0n) is 17.7. The minimum atomic E-state index is -1.10. The molecule has 0 radical (unpaired) electrons. The molecule has 0 bridgehead atoms. The Balaban J connectivity index is 1.68. The van der Waals surface area contributed by atoms with Gasteiger partial charge in [0.1, 0.15) is 0 Å². The Labute approximate surface area is 180 Å². The molecule has 0 amide bonds. The van der Waals surface area contributed by atoms with Gasteiger partial charge in [0.25, 0.3) is 0 Å². The summed E-state index contributed by atoms with van der Waals surface area (Å²) in [5.41, 5.74) is 1.24. The van der Waals surface area contributed by atoms with Gasteiger partial charge in [0.15, 0.2) is 23.3 Å². The molecule has 1 nitrogen and oxygen atoms in total. The standard InChI is InChI=1S/C26H26F4O/c1-3-4-5-18-12-16-7-8-17-13-19(9-11-20-10-6-15(2)14-31-20)24(28)26(30)22(17)21(16)25(29)23(18)27/h3,10,12-13,15H,1,4-9,11,14H2,2H3. The lowest BCUT2D eigenvalue weighted by Gasteiger charge is -2.24. The summed E-state index contributed by atoms with van der Waals surface area (Å²) >= 11 is 0. The van der Waals surface area contributed by atoms with Crippen molar-refractivity contribution in [1.82, 2.24) is 0 Å². The van der Waals surface area contributed by atoms with E-state index in [-0.39, 0.29) is 22.3 Å². The fraction of sp³-hybridized carbons (Fsp3) is 0.385. The fourth-order valence-corrected chi connectivity index (χ4v) is 4.44. The predicted molar refractivity (Wildman–Crippen MR) is 114 cm³/mol. The van der Waals surface area contributed by atoms with Crippen LogP contribution in [-0.2, 0) is 30.4 Å². The van der Waals surface area contributed by atoms with E-state index in [0.717, 1.165) is 12.2 Å². The molecule has 2 aromatic rings. The van der Waals surface area contributed by atoms with Crippen LogP contribution in [0.1, 0.15) is 48.4 Å². The Morgan fingerprint density at radius 1 is 0.903 bits per heavy atom. The van der Waals surface area contributed by atoms with Crippen LogP contribution in [0.4, 0.5) is 17.6 Å². The lowest BCUT2D eigenvalue weighted by atomic mass is 9.82. The summed E-state index contributed by atoms with van der Waals surface area (Å²) in [4.78, 5) is 0. The molecule has 1 heterocycles. The van der Waals surface area contributed by atoms with Crippen molar-refractivity contribution >= 4 is 0 Å². The van der Waals surface area contributed by atoms with Gasteiger partial charge in [-0.3, -0.25) is 0 Å². The number of rotatable bonds is 6. The average Bonchev–Trinajstić information content (AvgIpc) is 2.77. The molecule has 2 aliphatic rings. The maximum Gasteiger partial charge on any atom is 0.167 e. The predicted octanol–water partition coefficient (Wildman–Crippen LogP) is 7.00. The molecule has 164 valence electrons. The molecular weight excluding hydrogens is 404 g/mol. The van der Waals surface area contributed by atoms with Crippen molar-refractivity contribution in [3.63, 3.8) is 0 Å². The van der Waals surface area contributed by atoms with Gasteiger partial charge in [-0.15, -0.1) is 6.58 Å². The van der Waals surface area contributed by atoms with Crippen LogP contribution >= 0.6 is 0 Å². The van der Waals surface area contributed by atoms with E-state index >= 15 is 4.39 Å². The second-order valence-electron chi connectivity index (χ2n) is 8.55. The van der Waals surface area contributed by atoms with Crippen molar-refractivity contribution in [1.29, 1.82) is 0 Å². The highest BCUT2D eigenvalue weighted by molar-refractivity contribution is 5.75. The van der Waals surface area contributed by atoms with E-state index in [4.69, 9.17) is 4.74 Å². The maximum absolute atomic E-state index is 15.1. The number of ether oxygens (including phenoxy) is 1. The second kappa shape index (κ2) is 8.89. The third-order valence-corrected chi connectivity index (χ3v) is 6.20. The van der Waals surface area contributed by atoms with Gasteiger partial charge in [-0.25, -0.2) is 17.6 Å². The number of allylic oxidation sites excluding steroid dienone is 3. The minimum Gasteiger partial charge on any atom is -0.498 e. The van der Waals surface area contributed by atoms with Crippen LogP contribution in [0.2, 0.25) is 0 Å². The SMILES string of the molecule is C=CCCc1cc2c(c(F)c1F)-c1c(cc(CCC3=CCC(C)CO3)c(F)c1F)CC2. The number of aryl methyl sites for hydroxylation is 4. The van der Waals surface area contributed by atoms with Gasteiger partial charge in [-0.1, -0.05) is 25.1 Å². The second-order valence-corrected chi connectivity index (χ2v) is 8.55. The monoisotopic (exact) mass is 430 g/mol. The molecule has 2 aromatic carbocycles. The molecule has 1 aliphatic heterocycles. The highest BCUT2D eigenvalue weighted by Crippen LogP contribution is 2.41. The van der Waals surface area contributed by atoms with Crippen molar-refractivity contribution in [2.24, 2.45) is 5.92 Å². The van der Waals surface area contributed by atoms with E-state index < -0.39 is 23.3 Å². The molecule has 0 saturated heterocycles. The smallest absolute Gasteiger partial charge is 0.167 e. The molecule has 1 unspecified atom stereocenters. The van der Waals surface area contributed by atoms with E-state index in [9.17, 15) is 13.2 Å². The van der Waals surface area contributed by atoms with Crippen LogP contribution in [0, 0.1) is 29.2 Å². The van der Waals surface area contributed by atoms with E-state index in [0.29, 0.717) is 62.2 Å². The molecule has 31 heavy (non-hydrogen) atoms. The molecule has 1 aliphatic carbocycles. The van der Waals surface area contributed by atoms with Crippen LogP contribution in [0.25, 0.3) is 11.1 Å².